The van der Waals surface area contributed by atoms with Crippen molar-refractivity contribution in [2.24, 2.45) is 0 Å². The van der Waals surface area contributed by atoms with Crippen LogP contribution in [0.25, 0.3) is 11.1 Å². The van der Waals surface area contributed by atoms with Crippen LogP contribution in [0.1, 0.15) is 31.9 Å². The normalized spacial score (nSPS) is 10.8. The van der Waals surface area contributed by atoms with E-state index < -0.39 is 11.7 Å². The molecule has 0 saturated carbocycles. The van der Waals surface area contributed by atoms with Gasteiger partial charge in [0.25, 0.3) is 0 Å². The zero-order chi connectivity index (χ0) is 17.9. The lowest BCUT2D eigenvalue weighted by Gasteiger charge is -2.20. The highest BCUT2D eigenvalue weighted by atomic mass is 16.6. The smallest absolute Gasteiger partial charge is 0.412 e. The Labute approximate surface area is 143 Å². The highest BCUT2D eigenvalue weighted by molar-refractivity contribution is 5.90. The quantitative estimate of drug-likeness (QED) is 0.509. The lowest BCUT2D eigenvalue weighted by Crippen LogP contribution is -2.27. The molecule has 3 rings (SSSR count). The molecule has 2 aliphatic carbocycles. The van der Waals surface area contributed by atoms with E-state index in [1.54, 1.807) is 32.9 Å². The second-order valence-electron chi connectivity index (χ2n) is 6.62. The number of hydrogen-bond acceptors (Lipinski definition) is 3. The standard InChI is InChI=1S/C14H18N2O2.C6H4/c1-6-10-7-9(2)8-11(12(10)15)16-13(17)18-14(3,4)5;1-2-6-4-3-5(1)6/h1,7-8H,15H2,2-5H3,(H,16,17);1-4H. The Bertz CT molecular complexity index is 773. The van der Waals surface area contributed by atoms with Gasteiger partial charge in [-0.15, -0.1) is 6.42 Å². The number of ether oxygens (including phenoxy) is 1. The lowest BCUT2D eigenvalue weighted by molar-refractivity contribution is 0.0636. The molecule has 0 heterocycles. The van der Waals surface area contributed by atoms with Crippen LogP contribution in [0.5, 0.6) is 0 Å². The highest BCUT2D eigenvalue weighted by Gasteiger charge is 2.17. The van der Waals surface area contributed by atoms with Gasteiger partial charge in [0.2, 0.25) is 0 Å². The van der Waals surface area contributed by atoms with E-state index in [1.807, 2.05) is 6.92 Å². The van der Waals surface area contributed by atoms with E-state index in [0.717, 1.165) is 5.56 Å². The number of anilines is 2. The molecule has 3 N–H and O–H groups in total. The minimum atomic E-state index is -0.558. The molecule has 0 spiro atoms. The van der Waals surface area contributed by atoms with Gasteiger partial charge in [-0.3, -0.25) is 5.32 Å². The fourth-order valence-corrected chi connectivity index (χ4v) is 2.10. The van der Waals surface area contributed by atoms with Gasteiger partial charge in [0.05, 0.1) is 11.4 Å². The molecular formula is C20H22N2O2. The molecule has 0 fully saturated rings. The first-order valence-corrected chi connectivity index (χ1v) is 7.67. The van der Waals surface area contributed by atoms with Crippen LogP contribution in [-0.2, 0) is 4.74 Å². The molecule has 0 radical (unpaired) electrons. The van der Waals surface area contributed by atoms with Crippen molar-refractivity contribution in [3.63, 3.8) is 0 Å². The van der Waals surface area contributed by atoms with Gasteiger partial charge in [0.1, 0.15) is 5.60 Å². The Balaban J connectivity index is 0.000000282. The third-order valence-corrected chi connectivity index (χ3v) is 3.33. The van der Waals surface area contributed by atoms with E-state index in [-0.39, 0.29) is 0 Å². The average molecular weight is 322 g/mol. The molecule has 0 aromatic heterocycles. The summed E-state index contributed by atoms with van der Waals surface area (Å²) in [6.07, 6.45) is 4.79. The van der Waals surface area contributed by atoms with Crippen LogP contribution in [0.3, 0.4) is 0 Å². The minimum absolute atomic E-state index is 0.369. The largest absolute Gasteiger partial charge is 0.444 e. The van der Waals surface area contributed by atoms with Gasteiger partial charge >= 0.3 is 6.09 Å². The number of nitrogen functional groups attached to an aromatic ring is 1. The summed E-state index contributed by atoms with van der Waals surface area (Å²) in [6.45, 7) is 7.25. The van der Waals surface area contributed by atoms with Crippen molar-refractivity contribution in [2.45, 2.75) is 33.3 Å². The summed E-state index contributed by atoms with van der Waals surface area (Å²) in [7, 11) is 0. The van der Waals surface area contributed by atoms with E-state index in [9.17, 15) is 4.79 Å². The molecule has 4 nitrogen and oxygen atoms in total. The lowest BCUT2D eigenvalue weighted by atomic mass is 9.95. The van der Waals surface area contributed by atoms with Crippen molar-refractivity contribution in [1.29, 1.82) is 0 Å². The second-order valence-corrected chi connectivity index (χ2v) is 6.62. The molecular weight excluding hydrogens is 300 g/mol. The van der Waals surface area contributed by atoms with E-state index in [4.69, 9.17) is 16.9 Å². The number of nitrogens with two attached hydrogens (primary N) is 1. The van der Waals surface area contributed by atoms with Gasteiger partial charge in [-0.2, -0.15) is 0 Å². The highest BCUT2D eigenvalue weighted by Crippen LogP contribution is 2.29. The van der Waals surface area contributed by atoms with Crippen LogP contribution in [0.2, 0.25) is 0 Å². The second kappa shape index (κ2) is 6.67. The summed E-state index contributed by atoms with van der Waals surface area (Å²) < 4.78 is 5.15. The molecule has 1 amide bonds. The maximum absolute atomic E-state index is 11.7. The Kier molecular flexibility index (Phi) is 4.85. The van der Waals surface area contributed by atoms with E-state index in [1.165, 1.54) is 11.1 Å². The number of amides is 1. The molecule has 1 aromatic carbocycles. The fourth-order valence-electron chi connectivity index (χ4n) is 2.10. The van der Waals surface area contributed by atoms with Crippen molar-refractivity contribution >= 4 is 17.5 Å². The fraction of sp³-hybridized carbons (Fsp3) is 0.250. The number of aryl methyl sites for hydroxylation is 1. The molecule has 0 saturated heterocycles. The molecule has 0 bridgehead atoms. The van der Waals surface area contributed by atoms with Crippen molar-refractivity contribution in [1.82, 2.24) is 0 Å². The summed E-state index contributed by atoms with van der Waals surface area (Å²) in [4.78, 5) is 11.7. The average Bonchev–Trinajstić information content (AvgIpc) is 2.44. The van der Waals surface area contributed by atoms with E-state index in [2.05, 4.69) is 35.5 Å². The third kappa shape index (κ3) is 4.30. The number of benzene rings is 2. The first-order chi connectivity index (χ1) is 11.2. The van der Waals surface area contributed by atoms with Gasteiger partial charge in [0.15, 0.2) is 0 Å². The Morgan fingerprint density at radius 1 is 1.17 bits per heavy atom. The minimum Gasteiger partial charge on any atom is -0.444 e. The van der Waals surface area contributed by atoms with Gasteiger partial charge in [0, 0.05) is 5.56 Å². The monoisotopic (exact) mass is 322 g/mol. The molecule has 124 valence electrons. The van der Waals surface area contributed by atoms with Crippen molar-refractivity contribution in [3.05, 3.63) is 47.5 Å². The Morgan fingerprint density at radius 3 is 2.08 bits per heavy atom. The number of rotatable bonds is 1. The summed E-state index contributed by atoms with van der Waals surface area (Å²) in [5.74, 6) is 2.48. The number of nitrogens with one attached hydrogen (secondary N) is 1. The van der Waals surface area contributed by atoms with Crippen LogP contribution in [0.15, 0.2) is 36.4 Å². The molecule has 2 aliphatic rings. The molecule has 24 heavy (non-hydrogen) atoms. The molecule has 1 aromatic rings. The maximum Gasteiger partial charge on any atom is 0.412 e. The van der Waals surface area contributed by atoms with E-state index >= 15 is 0 Å². The zero-order valence-electron chi connectivity index (χ0n) is 14.4. The molecule has 0 aliphatic heterocycles. The van der Waals surface area contributed by atoms with Crippen LogP contribution in [0, 0.1) is 19.3 Å². The predicted molar refractivity (Wildman–Crippen MR) is 98.8 cm³/mol. The molecule has 4 heteroatoms. The summed E-state index contributed by atoms with van der Waals surface area (Å²) in [6, 6.07) is 12.0. The van der Waals surface area contributed by atoms with Gasteiger partial charge in [-0.05, 0) is 56.5 Å². The predicted octanol–water partition coefficient (Wildman–Crippen LogP) is 4.57. The summed E-state index contributed by atoms with van der Waals surface area (Å²) >= 11 is 0. The topological polar surface area (TPSA) is 64.3 Å². The Morgan fingerprint density at radius 2 is 1.71 bits per heavy atom. The number of hydrogen-bond donors (Lipinski definition) is 2. The van der Waals surface area contributed by atoms with Gasteiger partial charge < -0.3 is 10.5 Å². The van der Waals surface area contributed by atoms with E-state index in [0.29, 0.717) is 16.9 Å². The van der Waals surface area contributed by atoms with Crippen LogP contribution >= 0.6 is 0 Å². The number of carbonyl (C=O) groups excluding carboxylic acids is 1. The first-order valence-electron chi connectivity index (χ1n) is 7.67. The zero-order valence-corrected chi connectivity index (χ0v) is 14.4. The van der Waals surface area contributed by atoms with Crippen LogP contribution in [0.4, 0.5) is 16.2 Å². The molecule has 0 atom stereocenters. The SMILES string of the molecule is C#Cc1cc(C)cc(NC(=O)OC(C)(C)C)c1N.c1cc2ccc1-2. The van der Waals surface area contributed by atoms with Gasteiger partial charge in [-0.25, -0.2) is 4.79 Å². The Hall–Kier alpha value is -2.93. The van der Waals surface area contributed by atoms with Crippen LogP contribution < -0.4 is 11.1 Å². The third-order valence-electron chi connectivity index (χ3n) is 3.33. The number of terminal acetylenes is 1. The first kappa shape index (κ1) is 17.4. The number of carbonyl (C=O) groups is 1. The van der Waals surface area contributed by atoms with Crippen molar-refractivity contribution in [2.75, 3.05) is 11.1 Å². The summed E-state index contributed by atoms with van der Waals surface area (Å²) in [5.41, 5.74) is 10.5. The molecule has 0 unspecified atom stereocenters. The van der Waals surface area contributed by atoms with Crippen LogP contribution in [-0.4, -0.2) is 11.7 Å². The maximum atomic E-state index is 11.7. The van der Waals surface area contributed by atoms with Crippen molar-refractivity contribution in [3.8, 4) is 23.5 Å². The summed E-state index contributed by atoms with van der Waals surface area (Å²) in [5, 5.41) is 2.60. The van der Waals surface area contributed by atoms with Gasteiger partial charge in [-0.1, -0.05) is 30.2 Å². The van der Waals surface area contributed by atoms with Crippen molar-refractivity contribution < 1.29 is 9.53 Å². The number of fused-ring (bicyclic) bond motifs is 1.